The number of esters is 1. The van der Waals surface area contributed by atoms with E-state index >= 15 is 0 Å². The largest absolute Gasteiger partial charge is 0.457 e. The Labute approximate surface area is 158 Å². The van der Waals surface area contributed by atoms with Crippen LogP contribution in [0.15, 0.2) is 30.6 Å². The van der Waals surface area contributed by atoms with E-state index in [1.54, 1.807) is 15.5 Å². The van der Waals surface area contributed by atoms with Gasteiger partial charge in [-0.3, -0.25) is 0 Å². The summed E-state index contributed by atoms with van der Waals surface area (Å²) in [6, 6.07) is 5.61. The van der Waals surface area contributed by atoms with Crippen molar-refractivity contribution in [2.24, 2.45) is 11.8 Å². The Morgan fingerprint density at radius 3 is 2.74 bits per heavy atom. The number of carbonyl (C=O) groups excluding carboxylic acids is 2. The van der Waals surface area contributed by atoms with Crippen molar-refractivity contribution in [2.75, 3.05) is 13.1 Å². The first kappa shape index (κ1) is 17.8. The molecule has 27 heavy (non-hydrogen) atoms. The van der Waals surface area contributed by atoms with Crippen LogP contribution < -0.4 is 0 Å². The molecule has 0 N–H and O–H groups in total. The minimum atomic E-state index is -0.510. The Morgan fingerprint density at radius 1 is 1.19 bits per heavy atom. The lowest BCUT2D eigenvalue weighted by Crippen LogP contribution is -2.37. The van der Waals surface area contributed by atoms with Gasteiger partial charge in [0.2, 0.25) is 0 Å². The number of pyridine rings is 1. The van der Waals surface area contributed by atoms with E-state index < -0.39 is 11.6 Å². The lowest BCUT2D eigenvalue weighted by Gasteiger charge is -2.25. The number of hydrogen-bond donors (Lipinski definition) is 0. The van der Waals surface area contributed by atoms with Crippen LogP contribution in [0.3, 0.4) is 0 Å². The monoisotopic (exact) mass is 371 g/mol. The summed E-state index contributed by atoms with van der Waals surface area (Å²) in [4.78, 5) is 31.0. The zero-order valence-electron chi connectivity index (χ0n) is 15.9. The van der Waals surface area contributed by atoms with E-state index in [1.165, 1.54) is 0 Å². The Morgan fingerprint density at radius 2 is 2.00 bits per heavy atom. The lowest BCUT2D eigenvalue weighted by molar-refractivity contribution is 0.0149. The van der Waals surface area contributed by atoms with Gasteiger partial charge in [-0.15, -0.1) is 0 Å². The minimum absolute atomic E-state index is 0.165. The van der Waals surface area contributed by atoms with Crippen LogP contribution in [0, 0.1) is 11.8 Å². The van der Waals surface area contributed by atoms with Crippen LogP contribution in [0.2, 0.25) is 0 Å². The quantitative estimate of drug-likeness (QED) is 0.759. The molecule has 2 aromatic heterocycles. The third kappa shape index (κ3) is 3.63. The molecule has 2 aromatic rings. The summed E-state index contributed by atoms with van der Waals surface area (Å²) in [6.07, 6.45) is 4.85. The molecule has 3 heterocycles. The van der Waals surface area contributed by atoms with Crippen molar-refractivity contribution in [3.63, 3.8) is 0 Å². The van der Waals surface area contributed by atoms with E-state index in [1.807, 2.05) is 45.2 Å². The molecule has 7 heteroatoms. The van der Waals surface area contributed by atoms with Gasteiger partial charge in [0.25, 0.3) is 0 Å². The number of ether oxygens (including phenoxy) is 2. The third-order valence-corrected chi connectivity index (χ3v) is 5.27. The molecule has 1 saturated heterocycles. The molecule has 0 spiro atoms. The number of likely N-dealkylation sites (tertiary alicyclic amines) is 1. The van der Waals surface area contributed by atoms with E-state index in [9.17, 15) is 9.59 Å². The molecular formula is C20H25N3O4. The van der Waals surface area contributed by atoms with Crippen LogP contribution in [0.5, 0.6) is 0 Å². The number of nitrogens with zero attached hydrogens (tertiary/aromatic N) is 3. The number of carbonyl (C=O) groups is 2. The lowest BCUT2D eigenvalue weighted by atomic mass is 9.99. The second kappa shape index (κ2) is 6.55. The maximum Gasteiger partial charge on any atom is 0.410 e. The van der Waals surface area contributed by atoms with E-state index in [4.69, 9.17) is 9.47 Å². The van der Waals surface area contributed by atoms with Crippen LogP contribution in [0.25, 0.3) is 5.65 Å². The SMILES string of the molecule is CC(C)(C)OC(=O)N1C[C@@H]2CC[C@H](OC(=O)c3cn4ccccc4n3)[C@H]2C1. The molecule has 144 valence electrons. The van der Waals surface area contributed by atoms with Gasteiger partial charge in [0.05, 0.1) is 0 Å². The molecule has 0 unspecified atom stereocenters. The number of fused-ring (bicyclic) bond motifs is 2. The first-order valence-electron chi connectivity index (χ1n) is 9.43. The highest BCUT2D eigenvalue weighted by atomic mass is 16.6. The number of imidazole rings is 1. The van der Waals surface area contributed by atoms with Crippen LogP contribution in [0.4, 0.5) is 4.79 Å². The van der Waals surface area contributed by atoms with Gasteiger partial charge in [-0.25, -0.2) is 14.6 Å². The molecule has 0 bridgehead atoms. The van der Waals surface area contributed by atoms with E-state index in [2.05, 4.69) is 4.98 Å². The topological polar surface area (TPSA) is 73.1 Å². The second-order valence-electron chi connectivity index (χ2n) is 8.42. The van der Waals surface area contributed by atoms with Crippen LogP contribution in [-0.2, 0) is 9.47 Å². The van der Waals surface area contributed by atoms with Gasteiger partial charge in [0.1, 0.15) is 17.4 Å². The summed E-state index contributed by atoms with van der Waals surface area (Å²) >= 11 is 0. The van der Waals surface area contributed by atoms with Crippen molar-refractivity contribution < 1.29 is 19.1 Å². The highest BCUT2D eigenvalue weighted by Crippen LogP contribution is 2.40. The van der Waals surface area contributed by atoms with Crippen LogP contribution >= 0.6 is 0 Å². The summed E-state index contributed by atoms with van der Waals surface area (Å²) in [6.45, 7) is 6.83. The Hall–Kier alpha value is -2.57. The maximum absolute atomic E-state index is 12.6. The Bertz CT molecular complexity index is 836. The molecular weight excluding hydrogens is 346 g/mol. The van der Waals surface area contributed by atoms with Crippen LogP contribution in [0.1, 0.15) is 44.1 Å². The van der Waals surface area contributed by atoms with Gasteiger partial charge < -0.3 is 18.8 Å². The van der Waals surface area contributed by atoms with Gasteiger partial charge in [-0.1, -0.05) is 6.07 Å². The molecule has 1 aliphatic heterocycles. The summed E-state index contributed by atoms with van der Waals surface area (Å²) in [5.74, 6) is 0.120. The van der Waals surface area contributed by atoms with E-state index in [0.29, 0.717) is 30.3 Å². The maximum atomic E-state index is 12.6. The molecule has 2 aliphatic rings. The number of amides is 1. The van der Waals surface area contributed by atoms with Crippen molar-refractivity contribution in [1.29, 1.82) is 0 Å². The van der Waals surface area contributed by atoms with Crippen molar-refractivity contribution in [3.8, 4) is 0 Å². The van der Waals surface area contributed by atoms with Crippen molar-refractivity contribution in [1.82, 2.24) is 14.3 Å². The smallest absolute Gasteiger partial charge is 0.410 e. The predicted molar refractivity (Wildman–Crippen MR) is 98.4 cm³/mol. The number of hydrogen-bond acceptors (Lipinski definition) is 5. The Balaban J connectivity index is 1.40. The highest BCUT2D eigenvalue weighted by molar-refractivity contribution is 5.88. The zero-order chi connectivity index (χ0) is 19.2. The summed E-state index contributed by atoms with van der Waals surface area (Å²) in [5, 5.41) is 0. The van der Waals surface area contributed by atoms with E-state index in [0.717, 1.165) is 12.8 Å². The summed E-state index contributed by atoms with van der Waals surface area (Å²) in [5.41, 5.74) is 0.515. The average molecular weight is 371 g/mol. The predicted octanol–water partition coefficient (Wildman–Crippen LogP) is 3.14. The molecule has 0 radical (unpaired) electrons. The van der Waals surface area contributed by atoms with Gasteiger partial charge in [-0.05, 0) is 51.7 Å². The van der Waals surface area contributed by atoms with Crippen LogP contribution in [-0.4, -0.2) is 51.1 Å². The normalized spacial score (nSPS) is 24.9. The summed E-state index contributed by atoms with van der Waals surface area (Å²) in [7, 11) is 0. The van der Waals surface area contributed by atoms with Gasteiger partial charge in [-0.2, -0.15) is 0 Å². The second-order valence-corrected chi connectivity index (χ2v) is 8.42. The van der Waals surface area contributed by atoms with Gasteiger partial charge >= 0.3 is 12.1 Å². The van der Waals surface area contributed by atoms with Crippen molar-refractivity contribution >= 4 is 17.7 Å². The van der Waals surface area contributed by atoms with E-state index in [-0.39, 0.29) is 18.1 Å². The minimum Gasteiger partial charge on any atom is -0.457 e. The van der Waals surface area contributed by atoms with Gasteiger partial charge in [0, 0.05) is 31.4 Å². The molecule has 1 saturated carbocycles. The standard InChI is InChI=1S/C20H25N3O4/c1-20(2,3)27-19(25)23-10-13-7-8-16(14(13)11-23)26-18(24)15-12-22-9-5-4-6-17(22)21-15/h4-6,9,12-14,16H,7-8,10-11H2,1-3H3/t13-,14-,16-/m0/s1. The van der Waals surface area contributed by atoms with Gasteiger partial charge in [0.15, 0.2) is 5.69 Å². The molecule has 7 nitrogen and oxygen atoms in total. The number of rotatable bonds is 2. The molecule has 2 fully saturated rings. The molecule has 0 aromatic carbocycles. The first-order valence-corrected chi connectivity index (χ1v) is 9.43. The number of aromatic nitrogens is 2. The van der Waals surface area contributed by atoms with Crippen molar-refractivity contribution in [2.45, 2.75) is 45.3 Å². The molecule has 4 rings (SSSR count). The first-order chi connectivity index (χ1) is 12.8. The third-order valence-electron chi connectivity index (χ3n) is 5.27. The van der Waals surface area contributed by atoms with Crippen molar-refractivity contribution in [3.05, 3.63) is 36.3 Å². The molecule has 1 aliphatic carbocycles. The Kier molecular flexibility index (Phi) is 4.32. The summed E-state index contributed by atoms with van der Waals surface area (Å²) < 4.78 is 13.0. The highest BCUT2D eigenvalue weighted by Gasteiger charge is 2.46. The zero-order valence-corrected chi connectivity index (χ0v) is 15.9. The fourth-order valence-electron chi connectivity index (χ4n) is 4.07. The molecule has 1 amide bonds. The fourth-order valence-corrected chi connectivity index (χ4v) is 4.07. The average Bonchev–Trinajstić information content (AvgIpc) is 3.27. The fraction of sp³-hybridized carbons (Fsp3) is 0.550. The molecule has 3 atom stereocenters.